The van der Waals surface area contributed by atoms with Crippen LogP contribution in [0.2, 0.25) is 0 Å². The van der Waals surface area contributed by atoms with Gasteiger partial charge < -0.3 is 0 Å². The van der Waals surface area contributed by atoms with E-state index in [-0.39, 0.29) is 0 Å². The van der Waals surface area contributed by atoms with Gasteiger partial charge >= 0.3 is 0 Å². The Morgan fingerprint density at radius 1 is 0.113 bits per heavy atom. The molecule has 0 heterocycles. The maximum absolute atomic E-state index is 2.21. The van der Waals surface area contributed by atoms with Gasteiger partial charge in [-0.05, 0) is 129 Å². The van der Waals surface area contributed by atoms with Gasteiger partial charge in [0.05, 0.1) is 0 Å². The summed E-state index contributed by atoms with van der Waals surface area (Å²) in [5.74, 6) is 0. The van der Waals surface area contributed by atoms with E-state index in [0.717, 1.165) is 0 Å². The van der Waals surface area contributed by atoms with Crippen molar-refractivity contribution >= 4 is 129 Å². The summed E-state index contributed by atoms with van der Waals surface area (Å²) in [6.45, 7) is 16.0. The molecule has 0 aliphatic rings. The Hall–Kier alpha value is -9.36. The molecule has 0 heteroatoms. The smallest absolute Gasteiger partial charge is 0.00268 e. The van der Waals surface area contributed by atoms with Gasteiger partial charge in [-0.2, -0.15) is 0 Å². The molecule has 0 radical (unpaired) electrons. The first-order valence-electron chi connectivity index (χ1n) is 28.9. The number of benzene rings is 16. The summed E-state index contributed by atoms with van der Waals surface area (Å²) in [6.07, 6.45) is 0. The minimum absolute atomic E-state index is 1.31. The highest BCUT2D eigenvalue weighted by molar-refractivity contribution is 6.23. The molecular weight excluding hydrogens is 961 g/mol. The average Bonchev–Trinajstić information content (AvgIpc) is 3.61. The molecule has 0 atom stereocenters. The lowest BCUT2D eigenvalue weighted by Gasteiger charge is -2.07. The zero-order chi connectivity index (χ0) is 55.8. The van der Waals surface area contributed by atoms with E-state index in [2.05, 4.69) is 291 Å². The van der Waals surface area contributed by atoms with E-state index in [0.29, 0.717) is 0 Å². The van der Waals surface area contributed by atoms with Gasteiger partial charge in [-0.1, -0.05) is 347 Å². The van der Waals surface area contributed by atoms with Crippen LogP contribution < -0.4 is 0 Å². The van der Waals surface area contributed by atoms with Crippen LogP contribution in [0.3, 0.4) is 0 Å². The number of hydrogen-bond acceptors (Lipinski definition) is 0. The minimum atomic E-state index is 1.31. The Balaban J connectivity index is 0.000000124. The van der Waals surface area contributed by atoms with Gasteiger partial charge in [-0.15, -0.1) is 0 Å². The fourth-order valence-electron chi connectivity index (χ4n) is 11.1. The lowest BCUT2D eigenvalue weighted by molar-refractivity contribution is 1.50. The molecule has 0 amide bonds. The first kappa shape index (κ1) is 55.4. The third-order valence-corrected chi connectivity index (χ3v) is 14.5. The lowest BCUT2D eigenvalue weighted by atomic mass is 9.97. The van der Waals surface area contributed by atoms with E-state index < -0.39 is 0 Å². The van der Waals surface area contributed by atoms with Gasteiger partial charge in [-0.3, -0.25) is 0 Å². The van der Waals surface area contributed by atoms with Crippen LogP contribution in [-0.2, 0) is 0 Å². The summed E-state index contributed by atoms with van der Waals surface area (Å²) in [5, 5.41) is 31.9. The highest BCUT2D eigenvalue weighted by atomic mass is 14.1. The molecule has 16 aromatic carbocycles. The van der Waals surface area contributed by atoms with Crippen LogP contribution in [-0.4, -0.2) is 0 Å². The van der Waals surface area contributed by atoms with Gasteiger partial charge in [0.15, 0.2) is 0 Å². The molecule has 0 aromatic heterocycles. The van der Waals surface area contributed by atoms with E-state index >= 15 is 0 Å². The molecular formula is C80H72. The molecule has 0 nitrogen and oxygen atoms in total. The average molecular weight is 1030 g/mol. The van der Waals surface area contributed by atoms with Crippen LogP contribution >= 0.6 is 0 Å². The first-order chi connectivity index (χ1) is 39.7. The van der Waals surface area contributed by atoms with Crippen molar-refractivity contribution in [1.82, 2.24) is 0 Å². The predicted octanol–water partition coefficient (Wildman–Crippen LogP) is 24.7. The molecule has 16 rings (SSSR count). The topological polar surface area (TPSA) is 0 Å². The molecule has 0 spiro atoms. The van der Waals surface area contributed by atoms with Crippen molar-refractivity contribution in [2.75, 3.05) is 0 Å². The molecule has 0 aliphatic heterocycles. The van der Waals surface area contributed by atoms with E-state index in [1.165, 1.54) is 129 Å². The largest absolute Gasteiger partial charge is 0.0683 e. The molecule has 16 aromatic rings. The Morgan fingerprint density at radius 3 is 0.338 bits per heavy atom. The zero-order valence-corrected chi connectivity index (χ0v) is 47.7. The molecule has 0 saturated heterocycles. The van der Waals surface area contributed by atoms with Gasteiger partial charge in [0.1, 0.15) is 0 Å². The molecule has 0 unspecified atom stereocenters. The second kappa shape index (κ2) is 26.8. The molecule has 80 heavy (non-hydrogen) atoms. The fourth-order valence-corrected chi connectivity index (χ4v) is 11.1. The first-order valence-corrected chi connectivity index (χ1v) is 28.9. The molecule has 0 saturated carbocycles. The molecule has 0 bridgehead atoms. The molecule has 392 valence electrons. The van der Waals surface area contributed by atoms with Gasteiger partial charge in [0, 0.05) is 0 Å². The maximum atomic E-state index is 2.21. The number of rotatable bonds is 0. The Morgan fingerprint density at radius 2 is 0.212 bits per heavy atom. The van der Waals surface area contributed by atoms with Crippen molar-refractivity contribution in [3.05, 3.63) is 291 Å². The second-order valence-electron chi connectivity index (χ2n) is 18.7. The molecule has 0 fully saturated rings. The van der Waals surface area contributed by atoms with E-state index in [9.17, 15) is 0 Å². The van der Waals surface area contributed by atoms with Gasteiger partial charge in [0.25, 0.3) is 0 Å². The van der Waals surface area contributed by atoms with E-state index in [1.807, 2.05) is 55.4 Å². The van der Waals surface area contributed by atoms with Crippen LogP contribution in [0.4, 0.5) is 0 Å². The monoisotopic (exact) mass is 1030 g/mol. The maximum Gasteiger partial charge on any atom is -0.00268 e. The van der Waals surface area contributed by atoms with Crippen molar-refractivity contribution in [3.8, 4) is 0 Å². The summed E-state index contributed by atoms with van der Waals surface area (Å²) in [7, 11) is 0. The van der Waals surface area contributed by atoms with Crippen LogP contribution in [0.5, 0.6) is 0 Å². The van der Waals surface area contributed by atoms with Crippen molar-refractivity contribution in [2.24, 2.45) is 0 Å². The van der Waals surface area contributed by atoms with Crippen LogP contribution in [0, 0.1) is 0 Å². The number of hydrogen-bond donors (Lipinski definition) is 0. The minimum Gasteiger partial charge on any atom is -0.0683 e. The van der Waals surface area contributed by atoms with Gasteiger partial charge in [0.2, 0.25) is 0 Å². The quantitative estimate of drug-likeness (QED) is 0.133. The lowest BCUT2D eigenvalue weighted by Crippen LogP contribution is -1.80. The van der Waals surface area contributed by atoms with Crippen molar-refractivity contribution in [2.45, 2.75) is 55.4 Å². The summed E-state index contributed by atoms with van der Waals surface area (Å²) in [6, 6.07) is 104. The third-order valence-electron chi connectivity index (χ3n) is 14.5. The summed E-state index contributed by atoms with van der Waals surface area (Å²) < 4.78 is 0. The zero-order valence-electron chi connectivity index (χ0n) is 47.7. The second-order valence-corrected chi connectivity index (χ2v) is 18.7. The fraction of sp³-hybridized carbons (Fsp3) is 0.100. The number of fused-ring (bicyclic) bond motifs is 20. The molecule has 0 N–H and O–H groups in total. The highest BCUT2D eigenvalue weighted by Crippen LogP contribution is 2.36. The highest BCUT2D eigenvalue weighted by Gasteiger charge is 2.08. The van der Waals surface area contributed by atoms with E-state index in [4.69, 9.17) is 0 Å². The van der Waals surface area contributed by atoms with Crippen molar-refractivity contribution < 1.29 is 0 Å². The van der Waals surface area contributed by atoms with Crippen LogP contribution in [0.15, 0.2) is 291 Å². The summed E-state index contributed by atoms with van der Waals surface area (Å²) >= 11 is 0. The normalized spacial score (nSPS) is 10.5. The predicted molar refractivity (Wildman–Crippen MR) is 361 cm³/mol. The Bertz CT molecular complexity index is 3810. The standard InChI is InChI=1S/4C18H12.4C2H6/c4*1-3-7-16-13(5-1)9-11-15-12-10-14-6-2-4-8-17(14)18(15)16;4*1-2/h4*1-12H;4*1-2H3. The third kappa shape index (κ3) is 11.3. The Kier molecular flexibility index (Phi) is 18.6. The van der Waals surface area contributed by atoms with Crippen LogP contribution in [0.25, 0.3) is 129 Å². The Labute approximate surface area is 473 Å². The summed E-state index contributed by atoms with van der Waals surface area (Å²) in [5.41, 5.74) is 0. The molecule has 0 aliphatic carbocycles. The SMILES string of the molecule is CC.CC.CC.CC.c1ccc2c(c1)ccc1ccc3ccccc3c12.c1ccc2c(c1)ccc1ccc3ccccc3c12.c1ccc2c(c1)ccc1ccc3ccccc3c12.c1ccc2c(c1)ccc1ccc3ccccc3c12. The van der Waals surface area contributed by atoms with Crippen molar-refractivity contribution in [3.63, 3.8) is 0 Å². The summed E-state index contributed by atoms with van der Waals surface area (Å²) in [4.78, 5) is 0. The van der Waals surface area contributed by atoms with E-state index in [1.54, 1.807) is 0 Å². The van der Waals surface area contributed by atoms with Crippen molar-refractivity contribution in [1.29, 1.82) is 0 Å². The van der Waals surface area contributed by atoms with Crippen LogP contribution in [0.1, 0.15) is 55.4 Å². The van der Waals surface area contributed by atoms with Gasteiger partial charge in [-0.25, -0.2) is 0 Å².